The van der Waals surface area contributed by atoms with Crippen LogP contribution in [0.3, 0.4) is 0 Å². The van der Waals surface area contributed by atoms with E-state index in [1.165, 1.54) is 11.1 Å². The van der Waals surface area contributed by atoms with Crippen molar-refractivity contribution in [3.8, 4) is 17.2 Å². The number of β-amino-alcohol motifs (C(OH)–C–C–N with tert-alkyl or cyclic N) is 1. The number of aliphatic hydroxyl groups is 1. The third-order valence-electron chi connectivity index (χ3n) is 6.44. The Hall–Kier alpha value is -2.50. The molecule has 1 saturated heterocycles. The molecule has 160 valence electrons. The van der Waals surface area contributed by atoms with Gasteiger partial charge in [-0.25, -0.2) is 0 Å². The zero-order valence-corrected chi connectivity index (χ0v) is 18.3. The van der Waals surface area contributed by atoms with Crippen LogP contribution in [0, 0.1) is 13.8 Å². The van der Waals surface area contributed by atoms with E-state index < -0.39 is 6.10 Å². The molecular formula is C25H31NO4. The zero-order valence-electron chi connectivity index (χ0n) is 18.3. The fourth-order valence-corrected chi connectivity index (χ4v) is 4.35. The summed E-state index contributed by atoms with van der Waals surface area (Å²) in [4.78, 5) is 2.29. The number of benzene rings is 2. The summed E-state index contributed by atoms with van der Waals surface area (Å²) in [5, 5.41) is 10.9. The molecule has 5 nitrogen and oxygen atoms in total. The van der Waals surface area contributed by atoms with E-state index in [1.807, 2.05) is 18.2 Å². The summed E-state index contributed by atoms with van der Waals surface area (Å²) >= 11 is 0. The highest BCUT2D eigenvalue weighted by molar-refractivity contribution is 5.63. The molecule has 2 aromatic carbocycles. The Morgan fingerprint density at radius 1 is 1.07 bits per heavy atom. The highest BCUT2D eigenvalue weighted by Gasteiger charge is 2.37. The van der Waals surface area contributed by atoms with Crippen molar-refractivity contribution in [3.05, 3.63) is 58.7 Å². The number of nitrogens with zero attached hydrogens (tertiary/aromatic N) is 1. The second kappa shape index (κ2) is 8.32. The molecule has 0 radical (unpaired) electrons. The van der Waals surface area contributed by atoms with Crippen LogP contribution in [0.4, 0.5) is 0 Å². The van der Waals surface area contributed by atoms with Gasteiger partial charge in [0.2, 0.25) is 0 Å². The Morgan fingerprint density at radius 2 is 1.80 bits per heavy atom. The number of piperidine rings is 1. The maximum Gasteiger partial charge on any atom is 0.130 e. The quantitative estimate of drug-likeness (QED) is 0.798. The van der Waals surface area contributed by atoms with Gasteiger partial charge in [0.15, 0.2) is 0 Å². The molecule has 1 fully saturated rings. The number of hydrogen-bond donors (Lipinski definition) is 1. The lowest BCUT2D eigenvalue weighted by Gasteiger charge is -2.42. The molecule has 30 heavy (non-hydrogen) atoms. The third-order valence-corrected chi connectivity index (χ3v) is 6.44. The topological polar surface area (TPSA) is 51.2 Å². The molecule has 2 aliphatic heterocycles. The summed E-state index contributed by atoms with van der Waals surface area (Å²) in [6, 6.07) is 9.88. The van der Waals surface area contributed by atoms with Crippen LogP contribution in [0.5, 0.6) is 17.2 Å². The molecule has 0 saturated carbocycles. The minimum absolute atomic E-state index is 0.246. The minimum Gasteiger partial charge on any atom is -0.497 e. The van der Waals surface area contributed by atoms with Gasteiger partial charge in [-0.15, -0.1) is 0 Å². The van der Waals surface area contributed by atoms with Crippen LogP contribution in [0.15, 0.2) is 36.4 Å². The average Bonchev–Trinajstić information content (AvgIpc) is 2.76. The van der Waals surface area contributed by atoms with Crippen LogP contribution in [0.1, 0.15) is 41.2 Å². The van der Waals surface area contributed by atoms with Crippen molar-refractivity contribution in [1.29, 1.82) is 0 Å². The lowest BCUT2D eigenvalue weighted by atomic mass is 9.87. The van der Waals surface area contributed by atoms with Crippen LogP contribution < -0.4 is 14.2 Å². The number of likely N-dealkylation sites (tertiary alicyclic amines) is 1. The lowest BCUT2D eigenvalue weighted by Crippen LogP contribution is -2.48. The SMILES string of the molecule is COc1ccc(OC)c([C@@H](O)CN2CCC3(C=Cc4cc(C)c(C)cc4O3)CC2)c1. The summed E-state index contributed by atoms with van der Waals surface area (Å²) in [7, 11) is 3.25. The predicted octanol–water partition coefficient (Wildman–Crippen LogP) is 4.29. The van der Waals surface area contributed by atoms with Crippen molar-refractivity contribution in [2.75, 3.05) is 33.9 Å². The van der Waals surface area contributed by atoms with Gasteiger partial charge in [0.25, 0.3) is 0 Å². The van der Waals surface area contributed by atoms with E-state index in [-0.39, 0.29) is 5.60 Å². The smallest absolute Gasteiger partial charge is 0.130 e. The zero-order chi connectivity index (χ0) is 21.3. The van der Waals surface area contributed by atoms with E-state index in [2.05, 4.69) is 43.0 Å². The Kier molecular flexibility index (Phi) is 5.76. The first kappa shape index (κ1) is 20.8. The van der Waals surface area contributed by atoms with E-state index >= 15 is 0 Å². The molecule has 0 amide bonds. The number of ether oxygens (including phenoxy) is 3. The van der Waals surface area contributed by atoms with Crippen molar-refractivity contribution >= 4 is 6.08 Å². The second-order valence-corrected chi connectivity index (χ2v) is 8.40. The average molecular weight is 410 g/mol. The second-order valence-electron chi connectivity index (χ2n) is 8.40. The summed E-state index contributed by atoms with van der Waals surface area (Å²) in [5.74, 6) is 2.38. The molecule has 4 rings (SSSR count). The van der Waals surface area contributed by atoms with Crippen LogP contribution in [0.25, 0.3) is 6.08 Å². The highest BCUT2D eigenvalue weighted by atomic mass is 16.5. The van der Waals surface area contributed by atoms with Crippen LogP contribution in [-0.4, -0.2) is 49.5 Å². The molecule has 0 unspecified atom stereocenters. The van der Waals surface area contributed by atoms with Crippen molar-refractivity contribution < 1.29 is 19.3 Å². The van der Waals surface area contributed by atoms with Gasteiger partial charge in [-0.1, -0.05) is 6.08 Å². The van der Waals surface area contributed by atoms with Gasteiger partial charge < -0.3 is 24.2 Å². The first-order valence-electron chi connectivity index (χ1n) is 10.5. The number of fused-ring (bicyclic) bond motifs is 1. The maximum absolute atomic E-state index is 10.9. The molecule has 1 spiro atoms. The Morgan fingerprint density at radius 3 is 2.50 bits per heavy atom. The van der Waals surface area contributed by atoms with Crippen LogP contribution in [0.2, 0.25) is 0 Å². The highest BCUT2D eigenvalue weighted by Crippen LogP contribution is 2.39. The van der Waals surface area contributed by atoms with Crippen molar-refractivity contribution in [2.45, 2.75) is 38.4 Å². The molecular weight excluding hydrogens is 378 g/mol. The summed E-state index contributed by atoms with van der Waals surface area (Å²) < 4.78 is 17.2. The molecule has 2 heterocycles. The van der Waals surface area contributed by atoms with Gasteiger partial charge in [-0.3, -0.25) is 0 Å². The standard InChI is InChI=1S/C25H31NO4/c1-17-13-19-7-8-25(30-24(19)14-18(17)2)9-11-26(12-10-25)16-22(27)21-15-20(28-3)5-6-23(21)29-4/h5-8,13-15,22,27H,9-12,16H2,1-4H3/t22-/m0/s1. The van der Waals surface area contributed by atoms with Gasteiger partial charge >= 0.3 is 0 Å². The van der Waals surface area contributed by atoms with Gasteiger partial charge in [0.05, 0.1) is 20.3 Å². The predicted molar refractivity (Wildman–Crippen MR) is 118 cm³/mol. The lowest BCUT2D eigenvalue weighted by molar-refractivity contribution is 0.0197. The van der Waals surface area contributed by atoms with Crippen LogP contribution in [-0.2, 0) is 0 Å². The Labute approximate surface area is 178 Å². The van der Waals surface area contributed by atoms with E-state index in [9.17, 15) is 5.11 Å². The van der Waals surface area contributed by atoms with Crippen molar-refractivity contribution in [2.24, 2.45) is 0 Å². The summed E-state index contributed by atoms with van der Waals surface area (Å²) in [6.45, 7) is 6.55. The number of rotatable bonds is 5. The molecule has 5 heteroatoms. The van der Waals surface area contributed by atoms with E-state index in [0.717, 1.165) is 42.8 Å². The normalized spacial score (nSPS) is 18.6. The van der Waals surface area contributed by atoms with Gasteiger partial charge in [0.1, 0.15) is 22.8 Å². The van der Waals surface area contributed by atoms with E-state index in [4.69, 9.17) is 14.2 Å². The molecule has 1 N–H and O–H groups in total. The molecule has 1 atom stereocenters. The van der Waals surface area contributed by atoms with Crippen molar-refractivity contribution in [1.82, 2.24) is 4.90 Å². The first-order chi connectivity index (χ1) is 14.4. The molecule has 2 aromatic rings. The first-order valence-corrected chi connectivity index (χ1v) is 10.5. The fourth-order valence-electron chi connectivity index (χ4n) is 4.35. The largest absolute Gasteiger partial charge is 0.497 e. The van der Waals surface area contributed by atoms with Gasteiger partial charge in [0, 0.05) is 43.6 Å². The fraction of sp³-hybridized carbons (Fsp3) is 0.440. The molecule has 0 bridgehead atoms. The van der Waals surface area contributed by atoms with Gasteiger partial charge in [-0.2, -0.15) is 0 Å². The Balaban J connectivity index is 1.41. The molecule has 2 aliphatic rings. The monoisotopic (exact) mass is 409 g/mol. The summed E-state index contributed by atoms with van der Waals surface area (Å²) in [6.07, 6.45) is 5.59. The van der Waals surface area contributed by atoms with Crippen molar-refractivity contribution in [3.63, 3.8) is 0 Å². The molecule has 0 aromatic heterocycles. The number of methoxy groups -OCH3 is 2. The number of aliphatic hydroxyl groups excluding tert-OH is 1. The minimum atomic E-state index is -0.640. The molecule has 0 aliphatic carbocycles. The van der Waals surface area contributed by atoms with E-state index in [1.54, 1.807) is 14.2 Å². The Bertz CT molecular complexity index is 944. The van der Waals surface area contributed by atoms with Crippen LogP contribution >= 0.6 is 0 Å². The summed E-state index contributed by atoms with van der Waals surface area (Å²) in [5.41, 5.74) is 4.21. The third kappa shape index (κ3) is 4.05. The maximum atomic E-state index is 10.9. The number of hydrogen-bond acceptors (Lipinski definition) is 5. The van der Waals surface area contributed by atoms with E-state index in [0.29, 0.717) is 18.0 Å². The number of aryl methyl sites for hydroxylation is 2. The van der Waals surface area contributed by atoms with Gasteiger partial charge in [-0.05, 0) is 61.4 Å².